The van der Waals surface area contributed by atoms with Gasteiger partial charge < -0.3 is 14.2 Å². The molecule has 53 heavy (non-hydrogen) atoms. The van der Waals surface area contributed by atoms with Gasteiger partial charge in [0.1, 0.15) is 24.6 Å². The standard InChI is InChI=1S/C13H19N.C12H16O2.C11H15N.C11H14O.CH4/c1-13(2,3)14-9-8-11-6-4-5-7-12(11)10-14;1-12(2,3)11-8-13-9-6-4-5-7-10(9)14-11;1-9(2)12-7-10-5-3-4-6-11(10)8-12;1-8(2)11-7-9-5-3-4-6-10(9)12-11;/h4-7H,8-10H2,1-3H3;4-7,11H,8H2,1-3H3;3-6,9H,7-8H2,1-2H3;3-6,8,11H,7H2,1-2H3;1H4. The van der Waals surface area contributed by atoms with Gasteiger partial charge in [-0.25, -0.2) is 0 Å². The Labute approximate surface area is 322 Å². The van der Waals surface area contributed by atoms with E-state index < -0.39 is 0 Å². The van der Waals surface area contributed by atoms with Crippen molar-refractivity contribution >= 4 is 0 Å². The van der Waals surface area contributed by atoms with Crippen LogP contribution in [-0.2, 0) is 32.5 Å². The molecular formula is C48H68N2O3. The second-order valence-electron chi connectivity index (χ2n) is 17.3. The van der Waals surface area contributed by atoms with Crippen molar-refractivity contribution in [3.8, 4) is 17.2 Å². The SMILES string of the molecule is C.CC(C)(C)C1COc2ccccc2O1.CC(C)(C)N1CCc2ccccc2C1.CC(C)C1Cc2ccccc2O1.CC(C)N1Cc2ccccc2C1. The summed E-state index contributed by atoms with van der Waals surface area (Å²) >= 11 is 0. The van der Waals surface area contributed by atoms with Gasteiger partial charge in [0.15, 0.2) is 11.5 Å². The van der Waals surface area contributed by atoms with E-state index >= 15 is 0 Å². The van der Waals surface area contributed by atoms with Crippen LogP contribution in [0.1, 0.15) is 104 Å². The fraction of sp³-hybridized carbons (Fsp3) is 0.500. The van der Waals surface area contributed by atoms with Gasteiger partial charge in [0.25, 0.3) is 0 Å². The highest BCUT2D eigenvalue weighted by Gasteiger charge is 2.31. The average Bonchev–Trinajstić information content (AvgIpc) is 3.77. The maximum absolute atomic E-state index is 5.87. The molecule has 5 nitrogen and oxygen atoms in total. The third kappa shape index (κ3) is 11.6. The van der Waals surface area contributed by atoms with Crippen molar-refractivity contribution < 1.29 is 14.2 Å². The minimum Gasteiger partial charge on any atom is -0.490 e. The van der Waals surface area contributed by atoms with E-state index in [4.69, 9.17) is 14.2 Å². The molecule has 8 rings (SSSR count). The maximum atomic E-state index is 5.87. The molecule has 4 aromatic carbocycles. The molecule has 4 heterocycles. The zero-order valence-electron chi connectivity index (χ0n) is 33.6. The second-order valence-corrected chi connectivity index (χ2v) is 17.3. The highest BCUT2D eigenvalue weighted by molar-refractivity contribution is 5.41. The van der Waals surface area contributed by atoms with Gasteiger partial charge in [0.2, 0.25) is 0 Å². The molecule has 0 aromatic heterocycles. The Balaban J connectivity index is 0.000000157. The van der Waals surface area contributed by atoms with Gasteiger partial charge in [-0.2, -0.15) is 0 Å². The third-order valence-corrected chi connectivity index (χ3v) is 10.6. The molecule has 0 bridgehead atoms. The lowest BCUT2D eigenvalue weighted by atomic mass is 9.89. The van der Waals surface area contributed by atoms with Gasteiger partial charge in [-0.15, -0.1) is 0 Å². The third-order valence-electron chi connectivity index (χ3n) is 10.6. The van der Waals surface area contributed by atoms with Crippen molar-refractivity contribution in [2.45, 2.75) is 133 Å². The summed E-state index contributed by atoms with van der Waals surface area (Å²) < 4.78 is 17.3. The quantitative estimate of drug-likeness (QED) is 0.206. The number of benzene rings is 4. The number of hydrogen-bond acceptors (Lipinski definition) is 5. The topological polar surface area (TPSA) is 34.2 Å². The first-order chi connectivity index (χ1) is 24.7. The van der Waals surface area contributed by atoms with E-state index in [1.807, 2.05) is 30.3 Å². The van der Waals surface area contributed by atoms with Crippen LogP contribution < -0.4 is 14.2 Å². The molecule has 0 saturated heterocycles. The molecule has 0 amide bonds. The molecule has 0 aliphatic carbocycles. The minimum absolute atomic E-state index is 0. The van der Waals surface area contributed by atoms with E-state index in [2.05, 4.69) is 146 Å². The number of ether oxygens (including phenoxy) is 3. The van der Waals surface area contributed by atoms with Crippen LogP contribution in [0.4, 0.5) is 0 Å². The zero-order chi connectivity index (χ0) is 37.5. The van der Waals surface area contributed by atoms with E-state index in [1.54, 1.807) is 0 Å². The average molecular weight is 721 g/mol. The van der Waals surface area contributed by atoms with Crippen LogP contribution in [0.5, 0.6) is 17.2 Å². The van der Waals surface area contributed by atoms with Gasteiger partial charge in [-0.1, -0.05) is 121 Å². The molecular weight excluding hydrogens is 653 g/mol. The normalized spacial score (nSPS) is 18.7. The molecule has 2 atom stereocenters. The Kier molecular flexibility index (Phi) is 14.6. The smallest absolute Gasteiger partial charge is 0.161 e. The molecule has 0 N–H and O–H groups in total. The first-order valence-electron chi connectivity index (χ1n) is 19.4. The summed E-state index contributed by atoms with van der Waals surface area (Å²) in [6, 6.07) is 34.3. The molecule has 2 unspecified atom stereocenters. The van der Waals surface area contributed by atoms with Gasteiger partial charge in [0.05, 0.1) is 0 Å². The van der Waals surface area contributed by atoms with Crippen molar-refractivity contribution in [1.82, 2.24) is 9.80 Å². The predicted octanol–water partition coefficient (Wildman–Crippen LogP) is 11.4. The highest BCUT2D eigenvalue weighted by atomic mass is 16.6. The molecule has 4 aliphatic heterocycles. The summed E-state index contributed by atoms with van der Waals surface area (Å²) in [5, 5.41) is 0. The lowest BCUT2D eigenvalue weighted by Gasteiger charge is -2.39. The lowest BCUT2D eigenvalue weighted by Crippen LogP contribution is -2.44. The van der Waals surface area contributed by atoms with E-state index in [9.17, 15) is 0 Å². The molecule has 0 saturated carbocycles. The van der Waals surface area contributed by atoms with Crippen LogP contribution in [0.3, 0.4) is 0 Å². The van der Waals surface area contributed by atoms with Crippen molar-refractivity contribution in [3.63, 3.8) is 0 Å². The molecule has 0 fully saturated rings. The Morgan fingerprint density at radius 1 is 0.585 bits per heavy atom. The summed E-state index contributed by atoms with van der Waals surface area (Å²) in [6.07, 6.45) is 2.81. The Bertz CT molecular complexity index is 1540. The number of para-hydroxylation sites is 3. The molecule has 0 spiro atoms. The van der Waals surface area contributed by atoms with Crippen LogP contribution in [0, 0.1) is 11.3 Å². The van der Waals surface area contributed by atoms with Crippen molar-refractivity contribution in [2.24, 2.45) is 11.3 Å². The van der Waals surface area contributed by atoms with Crippen molar-refractivity contribution in [1.29, 1.82) is 0 Å². The summed E-state index contributed by atoms with van der Waals surface area (Å²) in [7, 11) is 0. The molecule has 4 aromatic rings. The Morgan fingerprint density at radius 2 is 1.08 bits per heavy atom. The molecule has 0 radical (unpaired) electrons. The largest absolute Gasteiger partial charge is 0.490 e. The Morgan fingerprint density at radius 3 is 1.58 bits per heavy atom. The summed E-state index contributed by atoms with van der Waals surface area (Å²) in [4.78, 5) is 5.04. The minimum atomic E-state index is 0. The second kappa shape index (κ2) is 18.5. The van der Waals surface area contributed by atoms with Gasteiger partial charge >= 0.3 is 0 Å². The van der Waals surface area contributed by atoms with Crippen LogP contribution in [0.2, 0.25) is 0 Å². The van der Waals surface area contributed by atoms with Gasteiger partial charge in [0, 0.05) is 49.6 Å². The predicted molar refractivity (Wildman–Crippen MR) is 223 cm³/mol. The fourth-order valence-corrected chi connectivity index (χ4v) is 6.82. The van der Waals surface area contributed by atoms with E-state index in [1.165, 1.54) is 40.8 Å². The van der Waals surface area contributed by atoms with Crippen molar-refractivity contribution in [2.75, 3.05) is 13.2 Å². The summed E-state index contributed by atoms with van der Waals surface area (Å²) in [6.45, 7) is 27.5. The summed E-state index contributed by atoms with van der Waals surface area (Å²) in [5.41, 5.74) is 7.83. The van der Waals surface area contributed by atoms with Gasteiger partial charge in [-0.05, 0) is 93.0 Å². The molecule has 5 heteroatoms. The fourth-order valence-electron chi connectivity index (χ4n) is 6.82. The number of hydrogen-bond donors (Lipinski definition) is 0. The first-order valence-corrected chi connectivity index (χ1v) is 19.4. The maximum Gasteiger partial charge on any atom is 0.161 e. The summed E-state index contributed by atoms with van der Waals surface area (Å²) in [5.74, 6) is 3.40. The van der Waals surface area contributed by atoms with Crippen molar-refractivity contribution in [3.05, 3.63) is 125 Å². The van der Waals surface area contributed by atoms with E-state index in [-0.39, 0.29) is 18.9 Å². The highest BCUT2D eigenvalue weighted by Crippen LogP contribution is 2.36. The number of nitrogens with zero attached hydrogens (tertiary/aromatic N) is 2. The van der Waals surface area contributed by atoms with Crippen LogP contribution in [-0.4, -0.2) is 46.7 Å². The number of fused-ring (bicyclic) bond motifs is 4. The number of rotatable bonds is 2. The first kappa shape index (κ1) is 41.9. The van der Waals surface area contributed by atoms with Gasteiger partial charge in [-0.3, -0.25) is 9.80 Å². The molecule has 288 valence electrons. The van der Waals surface area contributed by atoms with E-state index in [0.29, 0.717) is 30.2 Å². The monoisotopic (exact) mass is 721 g/mol. The Hall–Kier alpha value is -3.80. The van der Waals surface area contributed by atoms with E-state index in [0.717, 1.165) is 43.3 Å². The molecule has 4 aliphatic rings. The lowest BCUT2D eigenvalue weighted by molar-refractivity contribution is 0.0163. The zero-order valence-corrected chi connectivity index (χ0v) is 33.6. The van der Waals surface area contributed by atoms with Crippen LogP contribution >= 0.6 is 0 Å². The van der Waals surface area contributed by atoms with Crippen LogP contribution in [0.15, 0.2) is 97.1 Å². The van der Waals surface area contributed by atoms with Crippen LogP contribution in [0.25, 0.3) is 0 Å².